The third kappa shape index (κ3) is 2.26. The van der Waals surface area contributed by atoms with Crippen LogP contribution in [0.25, 0.3) is 0 Å². The molecular weight excluding hydrogens is 172 g/mol. The number of nitrogens with one attached hydrogen (secondary N) is 1. The third-order valence-electron chi connectivity index (χ3n) is 2.95. The summed E-state index contributed by atoms with van der Waals surface area (Å²) in [6.45, 7) is 0. The van der Waals surface area contributed by atoms with Crippen LogP contribution in [0.1, 0.15) is 25.7 Å². The van der Waals surface area contributed by atoms with Gasteiger partial charge in [0.05, 0.1) is 0 Å². The van der Waals surface area contributed by atoms with E-state index in [0.29, 0.717) is 12.1 Å². The molecule has 76 valence electrons. The average Bonchev–Trinajstić information content (AvgIpc) is 2.23. The molecule has 1 saturated carbocycles. The van der Waals surface area contributed by atoms with Gasteiger partial charge >= 0.3 is 0 Å². The summed E-state index contributed by atoms with van der Waals surface area (Å²) < 4.78 is 0. The largest absolute Gasteiger partial charge is 0.381 e. The van der Waals surface area contributed by atoms with E-state index in [1.54, 1.807) is 0 Å². The second kappa shape index (κ2) is 4.47. The van der Waals surface area contributed by atoms with Crippen LogP contribution in [-0.4, -0.2) is 12.1 Å². The summed E-state index contributed by atoms with van der Waals surface area (Å²) in [7, 11) is 0. The van der Waals surface area contributed by atoms with Crippen LogP contribution in [0.3, 0.4) is 0 Å². The number of hydrogen-bond acceptors (Lipinski definition) is 2. The standard InChI is InChI=1S/C12H18N2/c13-11-8-4-5-9-12(11)14-10-6-2-1-3-7-10/h1-3,6-7,11-12,14H,4-5,8-9,13H2/t11-,12-/m1/s1. The molecule has 0 spiro atoms. The van der Waals surface area contributed by atoms with Crippen LogP contribution in [0.4, 0.5) is 5.69 Å². The van der Waals surface area contributed by atoms with Crippen molar-refractivity contribution < 1.29 is 0 Å². The van der Waals surface area contributed by atoms with Crippen LogP contribution >= 0.6 is 0 Å². The number of nitrogens with two attached hydrogens (primary N) is 1. The zero-order chi connectivity index (χ0) is 9.80. The Bertz CT molecular complexity index is 271. The van der Waals surface area contributed by atoms with Crippen LogP contribution in [0.15, 0.2) is 30.3 Å². The molecule has 1 aliphatic carbocycles. The molecule has 1 aromatic rings. The molecule has 1 aromatic carbocycles. The molecule has 2 rings (SSSR count). The first-order valence-corrected chi connectivity index (χ1v) is 5.43. The molecule has 2 nitrogen and oxygen atoms in total. The minimum Gasteiger partial charge on any atom is -0.381 e. The lowest BCUT2D eigenvalue weighted by molar-refractivity contribution is 0.404. The molecule has 0 bridgehead atoms. The fraction of sp³-hybridized carbons (Fsp3) is 0.500. The Morgan fingerprint density at radius 1 is 1.07 bits per heavy atom. The van der Waals surface area contributed by atoms with Gasteiger partial charge in [-0.1, -0.05) is 31.0 Å². The van der Waals surface area contributed by atoms with E-state index in [-0.39, 0.29) is 0 Å². The normalized spacial score (nSPS) is 27.2. The number of hydrogen-bond donors (Lipinski definition) is 2. The maximum atomic E-state index is 6.06. The highest BCUT2D eigenvalue weighted by Crippen LogP contribution is 2.20. The fourth-order valence-electron chi connectivity index (χ4n) is 2.09. The second-order valence-electron chi connectivity index (χ2n) is 4.07. The number of anilines is 1. The molecule has 0 saturated heterocycles. The number of para-hydroxylation sites is 1. The fourth-order valence-corrected chi connectivity index (χ4v) is 2.09. The number of benzene rings is 1. The van der Waals surface area contributed by atoms with Crippen molar-refractivity contribution in [2.45, 2.75) is 37.8 Å². The Kier molecular flexibility index (Phi) is 3.04. The molecule has 0 heterocycles. The first-order valence-electron chi connectivity index (χ1n) is 5.43. The lowest BCUT2D eigenvalue weighted by Crippen LogP contribution is -2.42. The summed E-state index contributed by atoms with van der Waals surface area (Å²) in [5.41, 5.74) is 7.25. The van der Waals surface area contributed by atoms with Crippen molar-refractivity contribution in [2.75, 3.05) is 5.32 Å². The molecule has 2 heteroatoms. The summed E-state index contributed by atoms with van der Waals surface area (Å²) in [6, 6.07) is 11.1. The van der Waals surface area contributed by atoms with Gasteiger partial charge in [0.15, 0.2) is 0 Å². The topological polar surface area (TPSA) is 38.0 Å². The zero-order valence-electron chi connectivity index (χ0n) is 8.45. The van der Waals surface area contributed by atoms with Gasteiger partial charge in [0.2, 0.25) is 0 Å². The predicted octanol–water partition coefficient (Wildman–Crippen LogP) is 2.37. The SMILES string of the molecule is N[C@@H]1CCCC[C@H]1Nc1ccccc1. The minimum absolute atomic E-state index is 0.323. The van der Waals surface area contributed by atoms with Crippen LogP contribution in [0.2, 0.25) is 0 Å². The van der Waals surface area contributed by atoms with E-state index >= 15 is 0 Å². The first kappa shape index (κ1) is 9.53. The molecule has 3 N–H and O–H groups in total. The van der Waals surface area contributed by atoms with Crippen LogP contribution < -0.4 is 11.1 Å². The van der Waals surface area contributed by atoms with Gasteiger partial charge < -0.3 is 11.1 Å². The van der Waals surface area contributed by atoms with E-state index in [0.717, 1.165) is 6.42 Å². The van der Waals surface area contributed by atoms with E-state index in [2.05, 4.69) is 29.6 Å². The highest BCUT2D eigenvalue weighted by molar-refractivity contribution is 5.43. The second-order valence-corrected chi connectivity index (χ2v) is 4.07. The van der Waals surface area contributed by atoms with Crippen molar-refractivity contribution in [3.05, 3.63) is 30.3 Å². The molecule has 0 aliphatic heterocycles. The Labute approximate surface area is 85.5 Å². The minimum atomic E-state index is 0.323. The van der Waals surface area contributed by atoms with Crippen molar-refractivity contribution in [3.8, 4) is 0 Å². The van der Waals surface area contributed by atoms with Crippen molar-refractivity contribution in [3.63, 3.8) is 0 Å². The molecule has 0 radical (unpaired) electrons. The lowest BCUT2D eigenvalue weighted by atomic mass is 9.91. The van der Waals surface area contributed by atoms with Gasteiger partial charge in [0.1, 0.15) is 0 Å². The predicted molar refractivity (Wildman–Crippen MR) is 60.3 cm³/mol. The van der Waals surface area contributed by atoms with E-state index in [1.807, 2.05) is 6.07 Å². The molecule has 2 atom stereocenters. The average molecular weight is 190 g/mol. The van der Waals surface area contributed by atoms with Gasteiger partial charge in [-0.2, -0.15) is 0 Å². The molecule has 1 aliphatic rings. The van der Waals surface area contributed by atoms with Crippen LogP contribution in [0, 0.1) is 0 Å². The Hall–Kier alpha value is -1.02. The summed E-state index contributed by atoms with van der Waals surface area (Å²) in [5.74, 6) is 0. The maximum Gasteiger partial charge on any atom is 0.0412 e. The first-order chi connectivity index (χ1) is 6.86. The molecule has 0 aromatic heterocycles. The van der Waals surface area contributed by atoms with Crippen molar-refractivity contribution in [1.82, 2.24) is 0 Å². The molecular formula is C12H18N2. The van der Waals surface area contributed by atoms with E-state index in [9.17, 15) is 0 Å². The highest BCUT2D eigenvalue weighted by Gasteiger charge is 2.20. The van der Waals surface area contributed by atoms with Crippen molar-refractivity contribution in [2.24, 2.45) is 5.73 Å². The van der Waals surface area contributed by atoms with Crippen LogP contribution in [0.5, 0.6) is 0 Å². The van der Waals surface area contributed by atoms with Crippen molar-refractivity contribution in [1.29, 1.82) is 0 Å². The maximum absolute atomic E-state index is 6.06. The van der Waals surface area contributed by atoms with Gasteiger partial charge in [-0.05, 0) is 25.0 Å². The highest BCUT2D eigenvalue weighted by atomic mass is 15.0. The zero-order valence-corrected chi connectivity index (χ0v) is 8.45. The molecule has 0 amide bonds. The quantitative estimate of drug-likeness (QED) is 0.751. The van der Waals surface area contributed by atoms with Gasteiger partial charge in [-0.25, -0.2) is 0 Å². The Balaban J connectivity index is 1.96. The Morgan fingerprint density at radius 2 is 1.79 bits per heavy atom. The Morgan fingerprint density at radius 3 is 2.50 bits per heavy atom. The van der Waals surface area contributed by atoms with E-state index in [1.165, 1.54) is 24.9 Å². The third-order valence-corrected chi connectivity index (χ3v) is 2.95. The summed E-state index contributed by atoms with van der Waals surface area (Å²) in [4.78, 5) is 0. The monoisotopic (exact) mass is 190 g/mol. The van der Waals surface area contributed by atoms with E-state index < -0.39 is 0 Å². The van der Waals surface area contributed by atoms with Crippen LogP contribution in [-0.2, 0) is 0 Å². The van der Waals surface area contributed by atoms with E-state index in [4.69, 9.17) is 5.73 Å². The molecule has 14 heavy (non-hydrogen) atoms. The van der Waals surface area contributed by atoms with Crippen molar-refractivity contribution >= 4 is 5.69 Å². The number of rotatable bonds is 2. The summed E-state index contributed by atoms with van der Waals surface area (Å²) in [5, 5.41) is 3.51. The lowest BCUT2D eigenvalue weighted by Gasteiger charge is -2.30. The van der Waals surface area contributed by atoms with Gasteiger partial charge in [0, 0.05) is 17.8 Å². The summed E-state index contributed by atoms with van der Waals surface area (Å²) in [6.07, 6.45) is 4.95. The van der Waals surface area contributed by atoms with Gasteiger partial charge in [0.25, 0.3) is 0 Å². The summed E-state index contributed by atoms with van der Waals surface area (Å²) >= 11 is 0. The van der Waals surface area contributed by atoms with Gasteiger partial charge in [-0.3, -0.25) is 0 Å². The van der Waals surface area contributed by atoms with Gasteiger partial charge in [-0.15, -0.1) is 0 Å². The molecule has 0 unspecified atom stereocenters. The smallest absolute Gasteiger partial charge is 0.0412 e. The molecule has 1 fully saturated rings.